The molecule has 0 aliphatic heterocycles. The van der Waals surface area contributed by atoms with E-state index in [1.165, 1.54) is 5.56 Å². The Morgan fingerprint density at radius 1 is 0.857 bits per heavy atom. The first-order valence-electron chi connectivity index (χ1n) is 9.44. The number of carbonyl (C=O) groups excluding carboxylic acids is 1. The monoisotopic (exact) mass is 367 g/mol. The van der Waals surface area contributed by atoms with Crippen LogP contribution in [0, 0.1) is 0 Å². The molecule has 2 aromatic carbocycles. The summed E-state index contributed by atoms with van der Waals surface area (Å²) in [6.45, 7) is 0.628. The summed E-state index contributed by atoms with van der Waals surface area (Å²) >= 11 is 0. The number of nitrogens with one attached hydrogen (secondary N) is 1. The lowest BCUT2D eigenvalue weighted by molar-refractivity contribution is 0.0955. The predicted octanol–water partition coefficient (Wildman–Crippen LogP) is 4.66. The number of aromatic nitrogens is 2. The normalized spacial score (nSPS) is 10.7. The van der Waals surface area contributed by atoms with Crippen molar-refractivity contribution in [2.75, 3.05) is 6.54 Å². The van der Waals surface area contributed by atoms with Gasteiger partial charge in [0.05, 0.1) is 22.5 Å². The van der Waals surface area contributed by atoms with Crippen molar-refractivity contribution < 1.29 is 4.79 Å². The van der Waals surface area contributed by atoms with E-state index in [-0.39, 0.29) is 5.91 Å². The summed E-state index contributed by atoms with van der Waals surface area (Å²) in [6.07, 6.45) is 3.57. The molecule has 0 saturated heterocycles. The molecule has 0 saturated carbocycles. The number of pyridine rings is 2. The van der Waals surface area contributed by atoms with Crippen molar-refractivity contribution in [2.24, 2.45) is 0 Å². The Kier molecular flexibility index (Phi) is 5.38. The molecule has 0 bridgehead atoms. The highest BCUT2D eigenvalue weighted by Crippen LogP contribution is 2.23. The van der Waals surface area contributed by atoms with Gasteiger partial charge < -0.3 is 5.32 Å². The van der Waals surface area contributed by atoms with Crippen molar-refractivity contribution in [3.8, 4) is 11.4 Å². The van der Waals surface area contributed by atoms with Gasteiger partial charge in [0, 0.05) is 18.1 Å². The van der Waals surface area contributed by atoms with Crippen LogP contribution in [0.25, 0.3) is 22.3 Å². The lowest BCUT2D eigenvalue weighted by Gasteiger charge is -2.10. The molecule has 138 valence electrons. The van der Waals surface area contributed by atoms with Crippen LogP contribution in [0.4, 0.5) is 0 Å². The SMILES string of the molecule is O=C(NCCCc1ccccc1)c1cc(-c2ccccn2)nc2ccccc12. The Morgan fingerprint density at radius 2 is 1.64 bits per heavy atom. The summed E-state index contributed by atoms with van der Waals surface area (Å²) in [5, 5.41) is 3.90. The van der Waals surface area contributed by atoms with Crippen LogP contribution in [0.3, 0.4) is 0 Å². The quantitative estimate of drug-likeness (QED) is 0.504. The number of aryl methyl sites for hydroxylation is 1. The zero-order valence-electron chi connectivity index (χ0n) is 15.5. The number of hydrogen-bond acceptors (Lipinski definition) is 3. The molecule has 1 amide bonds. The van der Waals surface area contributed by atoms with Crippen LogP contribution >= 0.6 is 0 Å². The van der Waals surface area contributed by atoms with Gasteiger partial charge in [-0.2, -0.15) is 0 Å². The maximum Gasteiger partial charge on any atom is 0.252 e. The molecule has 1 N–H and O–H groups in total. The van der Waals surface area contributed by atoms with Gasteiger partial charge in [-0.05, 0) is 42.7 Å². The van der Waals surface area contributed by atoms with E-state index >= 15 is 0 Å². The number of carbonyl (C=O) groups is 1. The molecule has 0 spiro atoms. The van der Waals surface area contributed by atoms with Gasteiger partial charge in [0.2, 0.25) is 0 Å². The summed E-state index contributed by atoms with van der Waals surface area (Å²) in [6, 6.07) is 25.5. The summed E-state index contributed by atoms with van der Waals surface area (Å²) in [4.78, 5) is 21.9. The minimum Gasteiger partial charge on any atom is -0.352 e. The number of benzene rings is 2. The Morgan fingerprint density at radius 3 is 2.46 bits per heavy atom. The second-order valence-electron chi connectivity index (χ2n) is 6.63. The standard InChI is InChI=1S/C24H21N3O/c28-24(26-16-8-11-18-9-2-1-3-10-18)20-17-23(22-14-6-7-15-25-22)27-21-13-5-4-12-19(20)21/h1-7,9-10,12-15,17H,8,11,16H2,(H,26,28). The number of rotatable bonds is 6. The van der Waals surface area contributed by atoms with Crippen molar-refractivity contribution in [1.82, 2.24) is 15.3 Å². The van der Waals surface area contributed by atoms with Crippen LogP contribution in [0.15, 0.2) is 85.1 Å². The van der Waals surface area contributed by atoms with Crippen LogP contribution in [-0.2, 0) is 6.42 Å². The van der Waals surface area contributed by atoms with Crippen molar-refractivity contribution in [3.05, 3.63) is 96.2 Å². The molecule has 4 aromatic rings. The number of hydrogen-bond donors (Lipinski definition) is 1. The molecule has 2 heterocycles. The summed E-state index contributed by atoms with van der Waals surface area (Å²) < 4.78 is 0. The van der Waals surface area contributed by atoms with Crippen LogP contribution in [0.2, 0.25) is 0 Å². The lowest BCUT2D eigenvalue weighted by atomic mass is 10.1. The molecule has 28 heavy (non-hydrogen) atoms. The molecule has 0 aliphatic rings. The fraction of sp³-hybridized carbons (Fsp3) is 0.125. The molecular weight excluding hydrogens is 346 g/mol. The minimum atomic E-state index is -0.0798. The zero-order valence-corrected chi connectivity index (χ0v) is 15.5. The van der Waals surface area contributed by atoms with E-state index in [1.807, 2.05) is 66.7 Å². The van der Waals surface area contributed by atoms with Crippen LogP contribution in [-0.4, -0.2) is 22.4 Å². The highest BCUT2D eigenvalue weighted by atomic mass is 16.1. The molecule has 0 atom stereocenters. The first-order chi connectivity index (χ1) is 13.8. The number of para-hydroxylation sites is 1. The molecular formula is C24H21N3O. The maximum absolute atomic E-state index is 12.9. The molecule has 4 nitrogen and oxygen atoms in total. The van der Waals surface area contributed by atoms with E-state index in [9.17, 15) is 4.79 Å². The maximum atomic E-state index is 12.9. The van der Waals surface area contributed by atoms with Gasteiger partial charge in [0.25, 0.3) is 5.91 Å². The van der Waals surface area contributed by atoms with Gasteiger partial charge in [-0.25, -0.2) is 4.98 Å². The van der Waals surface area contributed by atoms with E-state index in [1.54, 1.807) is 6.20 Å². The van der Waals surface area contributed by atoms with Crippen LogP contribution in [0.5, 0.6) is 0 Å². The highest BCUT2D eigenvalue weighted by molar-refractivity contribution is 6.07. The molecule has 4 rings (SSSR count). The van der Waals surface area contributed by atoms with E-state index in [0.29, 0.717) is 17.8 Å². The summed E-state index contributed by atoms with van der Waals surface area (Å²) in [5.74, 6) is -0.0798. The van der Waals surface area contributed by atoms with E-state index in [0.717, 1.165) is 29.4 Å². The van der Waals surface area contributed by atoms with Crippen molar-refractivity contribution in [1.29, 1.82) is 0 Å². The first kappa shape index (κ1) is 17.9. The highest BCUT2D eigenvalue weighted by Gasteiger charge is 2.14. The average Bonchev–Trinajstić information content (AvgIpc) is 2.77. The first-order valence-corrected chi connectivity index (χ1v) is 9.44. The van der Waals surface area contributed by atoms with E-state index < -0.39 is 0 Å². The largest absolute Gasteiger partial charge is 0.352 e. The summed E-state index contributed by atoms with van der Waals surface area (Å²) in [7, 11) is 0. The molecule has 0 radical (unpaired) electrons. The second-order valence-corrected chi connectivity index (χ2v) is 6.63. The number of nitrogens with zero attached hydrogens (tertiary/aromatic N) is 2. The second kappa shape index (κ2) is 8.44. The van der Waals surface area contributed by atoms with Gasteiger partial charge in [-0.3, -0.25) is 9.78 Å². The fourth-order valence-corrected chi connectivity index (χ4v) is 3.24. The Hall–Kier alpha value is -3.53. The number of fused-ring (bicyclic) bond motifs is 1. The molecule has 0 aliphatic carbocycles. The van der Waals surface area contributed by atoms with Gasteiger partial charge in [0.1, 0.15) is 0 Å². The van der Waals surface area contributed by atoms with Crippen molar-refractivity contribution >= 4 is 16.8 Å². The lowest BCUT2D eigenvalue weighted by Crippen LogP contribution is -2.25. The topological polar surface area (TPSA) is 54.9 Å². The molecule has 4 heteroatoms. The Labute approximate surface area is 164 Å². The summed E-state index contributed by atoms with van der Waals surface area (Å²) in [5.41, 5.74) is 4.16. The van der Waals surface area contributed by atoms with Crippen LogP contribution in [0.1, 0.15) is 22.3 Å². The fourth-order valence-electron chi connectivity index (χ4n) is 3.24. The van der Waals surface area contributed by atoms with E-state index in [2.05, 4.69) is 27.4 Å². The van der Waals surface area contributed by atoms with Gasteiger partial charge >= 0.3 is 0 Å². The molecule has 0 fully saturated rings. The third kappa shape index (κ3) is 4.07. The molecule has 0 unspecified atom stereocenters. The van der Waals surface area contributed by atoms with E-state index in [4.69, 9.17) is 0 Å². The smallest absolute Gasteiger partial charge is 0.252 e. The Balaban J connectivity index is 1.54. The third-order valence-corrected chi connectivity index (χ3v) is 4.66. The van der Waals surface area contributed by atoms with Crippen LogP contribution < -0.4 is 5.32 Å². The molecule has 2 aromatic heterocycles. The number of amides is 1. The predicted molar refractivity (Wildman–Crippen MR) is 112 cm³/mol. The van der Waals surface area contributed by atoms with Gasteiger partial charge in [-0.1, -0.05) is 54.6 Å². The van der Waals surface area contributed by atoms with Crippen molar-refractivity contribution in [2.45, 2.75) is 12.8 Å². The minimum absolute atomic E-state index is 0.0798. The van der Waals surface area contributed by atoms with Gasteiger partial charge in [0.15, 0.2) is 0 Å². The zero-order chi connectivity index (χ0) is 19.2. The van der Waals surface area contributed by atoms with Crippen molar-refractivity contribution in [3.63, 3.8) is 0 Å². The average molecular weight is 367 g/mol. The Bertz CT molecular complexity index is 1080. The third-order valence-electron chi connectivity index (χ3n) is 4.66. The van der Waals surface area contributed by atoms with Gasteiger partial charge in [-0.15, -0.1) is 0 Å².